The van der Waals surface area contributed by atoms with E-state index in [2.05, 4.69) is 22.0 Å². The Bertz CT molecular complexity index is 589. The van der Waals surface area contributed by atoms with E-state index in [1.807, 2.05) is 24.3 Å². The van der Waals surface area contributed by atoms with Crippen LogP contribution in [0, 0.1) is 0 Å². The predicted octanol–water partition coefficient (Wildman–Crippen LogP) is 2.37. The number of pyridine rings is 1. The number of nitrogens with zero attached hydrogens (tertiary/aromatic N) is 2. The first kappa shape index (κ1) is 15.8. The van der Waals surface area contributed by atoms with E-state index in [0.717, 1.165) is 37.7 Å². The highest BCUT2D eigenvalue weighted by Gasteiger charge is 2.20. The zero-order chi connectivity index (χ0) is 15.9. The van der Waals surface area contributed by atoms with Gasteiger partial charge in [-0.2, -0.15) is 0 Å². The van der Waals surface area contributed by atoms with Crippen molar-refractivity contribution >= 4 is 0 Å². The highest BCUT2D eigenvalue weighted by molar-refractivity contribution is 5.27. The molecule has 3 rings (SSSR count). The minimum atomic E-state index is 0.0138. The molecule has 5 heteroatoms. The minimum absolute atomic E-state index is 0.0138. The third-order valence-corrected chi connectivity index (χ3v) is 3.82. The SMILES string of the molecule is COc1ccc(CN2CCOC[C@H](Oc3cccnc3)C2)cc1. The molecule has 23 heavy (non-hydrogen) atoms. The summed E-state index contributed by atoms with van der Waals surface area (Å²) in [6.45, 7) is 3.94. The van der Waals surface area contributed by atoms with Crippen LogP contribution < -0.4 is 9.47 Å². The van der Waals surface area contributed by atoms with Crippen molar-refractivity contribution in [2.24, 2.45) is 0 Å². The average Bonchev–Trinajstić information content (AvgIpc) is 2.81. The number of methoxy groups -OCH3 is 1. The molecule has 2 aromatic rings. The van der Waals surface area contributed by atoms with E-state index in [-0.39, 0.29) is 6.10 Å². The van der Waals surface area contributed by atoms with Crippen molar-refractivity contribution in [3.8, 4) is 11.5 Å². The molecule has 1 aromatic heterocycles. The number of hydrogen-bond donors (Lipinski definition) is 0. The summed E-state index contributed by atoms with van der Waals surface area (Å²) in [6, 6.07) is 12.0. The van der Waals surface area contributed by atoms with Crippen LogP contribution in [-0.2, 0) is 11.3 Å². The van der Waals surface area contributed by atoms with Crippen molar-refractivity contribution in [2.75, 3.05) is 33.4 Å². The normalized spacial score (nSPS) is 19.1. The Hall–Kier alpha value is -2.11. The molecule has 5 nitrogen and oxygen atoms in total. The topological polar surface area (TPSA) is 43.8 Å². The van der Waals surface area contributed by atoms with Gasteiger partial charge < -0.3 is 14.2 Å². The number of rotatable bonds is 5. The van der Waals surface area contributed by atoms with Gasteiger partial charge in [0.15, 0.2) is 0 Å². The first-order chi connectivity index (χ1) is 11.3. The molecule has 1 aromatic carbocycles. The molecule has 1 fully saturated rings. The highest BCUT2D eigenvalue weighted by atomic mass is 16.5. The third kappa shape index (κ3) is 4.68. The lowest BCUT2D eigenvalue weighted by Crippen LogP contribution is -2.35. The molecular formula is C18H22N2O3. The van der Waals surface area contributed by atoms with Crippen LogP contribution in [0.1, 0.15) is 5.56 Å². The van der Waals surface area contributed by atoms with Gasteiger partial charge in [0.2, 0.25) is 0 Å². The van der Waals surface area contributed by atoms with Gasteiger partial charge in [-0.05, 0) is 29.8 Å². The summed E-state index contributed by atoms with van der Waals surface area (Å²) < 4.78 is 16.9. The van der Waals surface area contributed by atoms with Gasteiger partial charge in [0.1, 0.15) is 17.6 Å². The molecule has 122 valence electrons. The summed E-state index contributed by atoms with van der Waals surface area (Å²) in [7, 11) is 1.68. The molecule has 0 unspecified atom stereocenters. The maximum Gasteiger partial charge on any atom is 0.138 e. The van der Waals surface area contributed by atoms with Crippen LogP contribution in [0.2, 0.25) is 0 Å². The molecule has 0 N–H and O–H groups in total. The summed E-state index contributed by atoms with van der Waals surface area (Å²) >= 11 is 0. The molecule has 1 saturated heterocycles. The molecule has 0 saturated carbocycles. The molecule has 0 bridgehead atoms. The van der Waals surface area contributed by atoms with E-state index in [4.69, 9.17) is 14.2 Å². The zero-order valence-corrected chi connectivity index (χ0v) is 13.4. The molecule has 1 aliphatic rings. The van der Waals surface area contributed by atoms with Crippen molar-refractivity contribution in [1.29, 1.82) is 0 Å². The third-order valence-electron chi connectivity index (χ3n) is 3.82. The zero-order valence-electron chi connectivity index (χ0n) is 13.4. The molecule has 1 aliphatic heterocycles. The fraction of sp³-hybridized carbons (Fsp3) is 0.389. The Morgan fingerprint density at radius 1 is 1.22 bits per heavy atom. The van der Waals surface area contributed by atoms with E-state index in [1.54, 1.807) is 19.5 Å². The summed E-state index contributed by atoms with van der Waals surface area (Å²) in [5.41, 5.74) is 1.26. The minimum Gasteiger partial charge on any atom is -0.497 e. The van der Waals surface area contributed by atoms with Crippen LogP contribution in [0.25, 0.3) is 0 Å². The van der Waals surface area contributed by atoms with Crippen LogP contribution in [0.15, 0.2) is 48.8 Å². The summed E-state index contributed by atoms with van der Waals surface area (Å²) in [5.74, 6) is 1.66. The first-order valence-electron chi connectivity index (χ1n) is 7.83. The predicted molar refractivity (Wildman–Crippen MR) is 87.7 cm³/mol. The van der Waals surface area contributed by atoms with Crippen LogP contribution in [0.3, 0.4) is 0 Å². The Balaban J connectivity index is 1.60. The van der Waals surface area contributed by atoms with E-state index >= 15 is 0 Å². The van der Waals surface area contributed by atoms with Crippen LogP contribution >= 0.6 is 0 Å². The second-order valence-corrected chi connectivity index (χ2v) is 5.59. The van der Waals surface area contributed by atoms with Gasteiger partial charge in [0.25, 0.3) is 0 Å². The molecule has 0 spiro atoms. The number of aromatic nitrogens is 1. The van der Waals surface area contributed by atoms with Crippen molar-refractivity contribution in [1.82, 2.24) is 9.88 Å². The molecular weight excluding hydrogens is 292 g/mol. The maximum atomic E-state index is 5.99. The molecule has 0 aliphatic carbocycles. The smallest absolute Gasteiger partial charge is 0.138 e. The Labute approximate surface area is 136 Å². The monoisotopic (exact) mass is 314 g/mol. The largest absolute Gasteiger partial charge is 0.497 e. The number of hydrogen-bond acceptors (Lipinski definition) is 5. The van der Waals surface area contributed by atoms with Gasteiger partial charge in [-0.25, -0.2) is 0 Å². The second-order valence-electron chi connectivity index (χ2n) is 5.59. The standard InChI is InChI=1S/C18H22N2O3/c1-21-16-6-4-15(5-7-16)12-20-9-10-22-14-18(13-20)23-17-3-2-8-19-11-17/h2-8,11,18H,9-10,12-14H2,1H3/t18-/m1/s1. The van der Waals surface area contributed by atoms with Gasteiger partial charge in [0.05, 0.1) is 26.5 Å². The van der Waals surface area contributed by atoms with E-state index in [1.165, 1.54) is 5.56 Å². The number of benzene rings is 1. The van der Waals surface area contributed by atoms with Crippen molar-refractivity contribution < 1.29 is 14.2 Å². The lowest BCUT2D eigenvalue weighted by Gasteiger charge is -2.24. The quantitative estimate of drug-likeness (QED) is 0.848. The van der Waals surface area contributed by atoms with Crippen LogP contribution in [0.4, 0.5) is 0 Å². The van der Waals surface area contributed by atoms with Gasteiger partial charge in [-0.3, -0.25) is 9.88 Å². The van der Waals surface area contributed by atoms with E-state index in [9.17, 15) is 0 Å². The fourth-order valence-electron chi connectivity index (χ4n) is 2.65. The van der Waals surface area contributed by atoms with Gasteiger partial charge in [-0.1, -0.05) is 12.1 Å². The fourth-order valence-corrected chi connectivity index (χ4v) is 2.65. The molecule has 0 radical (unpaired) electrons. The molecule has 1 atom stereocenters. The van der Waals surface area contributed by atoms with Crippen molar-refractivity contribution in [2.45, 2.75) is 12.6 Å². The summed E-state index contributed by atoms with van der Waals surface area (Å²) in [4.78, 5) is 6.44. The first-order valence-corrected chi connectivity index (χ1v) is 7.83. The Kier molecular flexibility index (Phi) is 5.45. The lowest BCUT2D eigenvalue weighted by atomic mass is 10.2. The molecule has 2 heterocycles. The summed E-state index contributed by atoms with van der Waals surface area (Å²) in [6.07, 6.45) is 3.49. The highest BCUT2D eigenvalue weighted by Crippen LogP contribution is 2.16. The van der Waals surface area contributed by atoms with Crippen LogP contribution in [0.5, 0.6) is 11.5 Å². The Morgan fingerprint density at radius 3 is 2.83 bits per heavy atom. The van der Waals surface area contributed by atoms with Gasteiger partial charge in [-0.15, -0.1) is 0 Å². The Morgan fingerprint density at radius 2 is 2.09 bits per heavy atom. The lowest BCUT2D eigenvalue weighted by molar-refractivity contribution is 0.0708. The number of ether oxygens (including phenoxy) is 3. The van der Waals surface area contributed by atoms with Gasteiger partial charge in [0, 0.05) is 25.8 Å². The van der Waals surface area contributed by atoms with Gasteiger partial charge >= 0.3 is 0 Å². The van der Waals surface area contributed by atoms with Crippen molar-refractivity contribution in [3.05, 3.63) is 54.4 Å². The van der Waals surface area contributed by atoms with E-state index in [0.29, 0.717) is 6.61 Å². The van der Waals surface area contributed by atoms with Crippen LogP contribution in [-0.4, -0.2) is 49.4 Å². The second kappa shape index (κ2) is 7.94. The summed E-state index contributed by atoms with van der Waals surface area (Å²) in [5, 5.41) is 0. The van der Waals surface area contributed by atoms with Crippen molar-refractivity contribution in [3.63, 3.8) is 0 Å². The molecule has 0 amide bonds. The maximum absolute atomic E-state index is 5.99. The van der Waals surface area contributed by atoms with E-state index < -0.39 is 0 Å². The average molecular weight is 314 g/mol.